The van der Waals surface area contributed by atoms with Crippen molar-refractivity contribution < 1.29 is 9.18 Å². The maximum absolute atomic E-state index is 13.5. The Morgan fingerprint density at radius 3 is 2.46 bits per heavy atom. The normalized spacial score (nSPS) is 18.2. The fourth-order valence-electron chi connectivity index (χ4n) is 1.36. The summed E-state index contributed by atoms with van der Waals surface area (Å²) < 4.78 is 13.5. The van der Waals surface area contributed by atoms with E-state index in [0.29, 0.717) is 5.56 Å². The molecule has 1 aliphatic carbocycles. The molecule has 1 saturated carbocycles. The lowest BCUT2D eigenvalue weighted by atomic mass is 10.0. The van der Waals surface area contributed by atoms with Gasteiger partial charge in [0.2, 0.25) is 0 Å². The zero-order chi connectivity index (χ0) is 9.26. The van der Waals surface area contributed by atoms with Gasteiger partial charge in [-0.2, -0.15) is 0 Å². The third-order valence-electron chi connectivity index (χ3n) is 2.32. The lowest BCUT2D eigenvalue weighted by Crippen LogP contribution is -2.09. The van der Waals surface area contributed by atoms with Crippen molar-refractivity contribution in [2.45, 2.75) is 19.0 Å². The van der Waals surface area contributed by atoms with Crippen molar-refractivity contribution >= 4 is 5.78 Å². The topological polar surface area (TPSA) is 17.1 Å². The zero-order valence-corrected chi connectivity index (χ0v) is 7.24. The summed E-state index contributed by atoms with van der Waals surface area (Å²) in [7, 11) is 0. The number of ketones is 1. The fraction of sp³-hybridized carbons (Fsp3) is 0.364. The summed E-state index contributed by atoms with van der Waals surface area (Å²) in [6.45, 7) is 0. The molecular formula is C11H11FO. The van der Waals surface area contributed by atoms with Crippen molar-refractivity contribution in [2.24, 2.45) is 5.92 Å². The standard InChI is InChI=1S/C11H11FO/c12-10(11(13)9-6-7-9)8-4-2-1-3-5-8/h1-5,9-10H,6-7H2. The molecule has 1 atom stereocenters. The third kappa shape index (κ3) is 1.77. The molecule has 13 heavy (non-hydrogen) atoms. The lowest BCUT2D eigenvalue weighted by Gasteiger charge is -2.05. The first kappa shape index (κ1) is 8.42. The van der Waals surface area contributed by atoms with E-state index in [1.807, 2.05) is 6.07 Å². The highest BCUT2D eigenvalue weighted by molar-refractivity contribution is 5.88. The average molecular weight is 178 g/mol. The van der Waals surface area contributed by atoms with Crippen LogP contribution in [0.25, 0.3) is 0 Å². The number of carbonyl (C=O) groups is 1. The number of halogens is 1. The maximum atomic E-state index is 13.5. The van der Waals surface area contributed by atoms with Gasteiger partial charge in [-0.15, -0.1) is 0 Å². The van der Waals surface area contributed by atoms with Crippen molar-refractivity contribution in [1.82, 2.24) is 0 Å². The summed E-state index contributed by atoms with van der Waals surface area (Å²) in [5, 5.41) is 0. The molecule has 1 aliphatic rings. The summed E-state index contributed by atoms with van der Waals surface area (Å²) in [6, 6.07) is 8.64. The number of hydrogen-bond donors (Lipinski definition) is 0. The molecule has 0 amide bonds. The molecule has 0 aliphatic heterocycles. The summed E-state index contributed by atoms with van der Waals surface area (Å²) in [5.74, 6) is -0.249. The Balaban J connectivity index is 2.12. The molecule has 68 valence electrons. The summed E-state index contributed by atoms with van der Waals surface area (Å²) in [4.78, 5) is 11.3. The highest BCUT2D eigenvalue weighted by Crippen LogP contribution is 2.35. The van der Waals surface area contributed by atoms with Crippen LogP contribution in [-0.2, 0) is 4.79 Å². The molecule has 1 nitrogen and oxygen atoms in total. The van der Waals surface area contributed by atoms with Crippen molar-refractivity contribution in [1.29, 1.82) is 0 Å². The second kappa shape index (κ2) is 3.29. The third-order valence-corrected chi connectivity index (χ3v) is 2.32. The predicted molar refractivity (Wildman–Crippen MR) is 48.0 cm³/mol. The molecule has 2 heteroatoms. The maximum Gasteiger partial charge on any atom is 0.183 e. The van der Waals surface area contributed by atoms with Crippen LogP contribution in [-0.4, -0.2) is 5.78 Å². The van der Waals surface area contributed by atoms with Crippen LogP contribution in [0.2, 0.25) is 0 Å². The minimum absolute atomic E-state index is 0.00444. The highest BCUT2D eigenvalue weighted by Gasteiger charge is 2.35. The van der Waals surface area contributed by atoms with Crippen LogP contribution >= 0.6 is 0 Å². The Hall–Kier alpha value is -1.18. The molecule has 0 aromatic heterocycles. The van der Waals surface area contributed by atoms with Crippen LogP contribution < -0.4 is 0 Å². The summed E-state index contributed by atoms with van der Waals surface area (Å²) in [6.07, 6.45) is 0.326. The van der Waals surface area contributed by atoms with Crippen molar-refractivity contribution in [3.63, 3.8) is 0 Å². The van der Waals surface area contributed by atoms with Crippen LogP contribution in [0.15, 0.2) is 30.3 Å². The molecule has 0 saturated heterocycles. The van der Waals surface area contributed by atoms with E-state index >= 15 is 0 Å². The minimum atomic E-state index is -1.41. The summed E-state index contributed by atoms with van der Waals surface area (Å²) in [5.41, 5.74) is 0.486. The Labute approximate surface area is 76.6 Å². The average Bonchev–Trinajstić information content (AvgIpc) is 3.00. The number of carbonyl (C=O) groups excluding carboxylic acids is 1. The number of benzene rings is 1. The first-order valence-corrected chi connectivity index (χ1v) is 4.52. The second-order valence-electron chi connectivity index (χ2n) is 3.45. The Morgan fingerprint density at radius 2 is 1.92 bits per heavy atom. The van der Waals surface area contributed by atoms with Gasteiger partial charge in [-0.05, 0) is 18.4 Å². The van der Waals surface area contributed by atoms with E-state index in [1.165, 1.54) is 0 Å². The van der Waals surface area contributed by atoms with Gasteiger partial charge in [0.1, 0.15) is 0 Å². The van der Waals surface area contributed by atoms with E-state index in [4.69, 9.17) is 0 Å². The van der Waals surface area contributed by atoms with Gasteiger partial charge < -0.3 is 0 Å². The van der Waals surface area contributed by atoms with Gasteiger partial charge in [0, 0.05) is 5.92 Å². The lowest BCUT2D eigenvalue weighted by molar-refractivity contribution is -0.125. The second-order valence-corrected chi connectivity index (χ2v) is 3.45. The molecule has 1 fully saturated rings. The fourth-order valence-corrected chi connectivity index (χ4v) is 1.36. The number of Topliss-reactive ketones (excluding diaryl/α,β-unsaturated/α-hetero) is 1. The predicted octanol–water partition coefficient (Wildman–Crippen LogP) is 2.68. The molecular weight excluding hydrogens is 167 g/mol. The zero-order valence-electron chi connectivity index (χ0n) is 7.24. The monoisotopic (exact) mass is 178 g/mol. The first-order valence-electron chi connectivity index (χ1n) is 4.52. The molecule has 0 radical (unpaired) electrons. The van der Waals surface area contributed by atoms with E-state index in [2.05, 4.69) is 0 Å². The van der Waals surface area contributed by atoms with Gasteiger partial charge in [0.15, 0.2) is 12.0 Å². The highest BCUT2D eigenvalue weighted by atomic mass is 19.1. The van der Waals surface area contributed by atoms with E-state index in [1.54, 1.807) is 24.3 Å². The van der Waals surface area contributed by atoms with Crippen molar-refractivity contribution in [3.05, 3.63) is 35.9 Å². The van der Waals surface area contributed by atoms with Crippen LogP contribution in [0.3, 0.4) is 0 Å². The molecule has 0 heterocycles. The van der Waals surface area contributed by atoms with E-state index in [0.717, 1.165) is 12.8 Å². The van der Waals surface area contributed by atoms with Gasteiger partial charge in [-0.25, -0.2) is 4.39 Å². The SMILES string of the molecule is O=C(C1CC1)C(F)c1ccccc1. The molecule has 1 aromatic rings. The Bertz CT molecular complexity index is 303. The molecule has 1 aromatic carbocycles. The van der Waals surface area contributed by atoms with E-state index in [-0.39, 0.29) is 11.7 Å². The van der Waals surface area contributed by atoms with Gasteiger partial charge in [-0.3, -0.25) is 4.79 Å². The van der Waals surface area contributed by atoms with Crippen molar-refractivity contribution in [2.75, 3.05) is 0 Å². The van der Waals surface area contributed by atoms with Crippen LogP contribution in [0.1, 0.15) is 24.6 Å². The van der Waals surface area contributed by atoms with Gasteiger partial charge in [0.05, 0.1) is 0 Å². The summed E-state index contributed by atoms with van der Waals surface area (Å²) >= 11 is 0. The van der Waals surface area contributed by atoms with Gasteiger partial charge >= 0.3 is 0 Å². The molecule has 2 rings (SSSR count). The van der Waals surface area contributed by atoms with E-state index < -0.39 is 6.17 Å². The van der Waals surface area contributed by atoms with Gasteiger partial charge in [0.25, 0.3) is 0 Å². The number of hydrogen-bond acceptors (Lipinski definition) is 1. The number of alkyl halides is 1. The van der Waals surface area contributed by atoms with Crippen LogP contribution in [0, 0.1) is 5.92 Å². The van der Waals surface area contributed by atoms with Crippen LogP contribution in [0.4, 0.5) is 4.39 Å². The minimum Gasteiger partial charge on any atom is -0.296 e. The quantitative estimate of drug-likeness (QED) is 0.695. The Morgan fingerprint density at radius 1 is 1.31 bits per heavy atom. The molecule has 1 unspecified atom stereocenters. The first-order chi connectivity index (χ1) is 6.29. The smallest absolute Gasteiger partial charge is 0.183 e. The molecule has 0 N–H and O–H groups in total. The van der Waals surface area contributed by atoms with Crippen molar-refractivity contribution in [3.8, 4) is 0 Å². The molecule has 0 spiro atoms. The molecule has 0 bridgehead atoms. The van der Waals surface area contributed by atoms with Gasteiger partial charge in [-0.1, -0.05) is 30.3 Å². The number of rotatable bonds is 3. The largest absolute Gasteiger partial charge is 0.296 e. The van der Waals surface area contributed by atoms with Crippen LogP contribution in [0.5, 0.6) is 0 Å². The van der Waals surface area contributed by atoms with E-state index in [9.17, 15) is 9.18 Å². The Kier molecular flexibility index (Phi) is 2.13.